The minimum atomic E-state index is -0.800. The van der Waals surface area contributed by atoms with Crippen LogP contribution in [0.4, 0.5) is 5.69 Å². The summed E-state index contributed by atoms with van der Waals surface area (Å²) in [6.45, 7) is 7.29. The number of aryl methyl sites for hydroxylation is 1. The Balaban J connectivity index is 1.82. The van der Waals surface area contributed by atoms with Gasteiger partial charge in [0, 0.05) is 11.6 Å². The van der Waals surface area contributed by atoms with Crippen LogP contribution in [0, 0.1) is 6.92 Å². The molecular weight excluding hydrogens is 478 g/mol. The van der Waals surface area contributed by atoms with Gasteiger partial charge in [0.2, 0.25) is 0 Å². The van der Waals surface area contributed by atoms with Crippen molar-refractivity contribution in [1.82, 2.24) is 10.3 Å². The van der Waals surface area contributed by atoms with E-state index in [0.29, 0.717) is 39.4 Å². The standard InChI is InChI=1S/C27H33N3O7/c1-6-35-26(33)22-16(2)29-20-8-7-9-21(23(20)24(22)28)37-15-27(3,4)30-25(32)17-12-18(34-5)14-19(13-17)36-11-10-31/h7-9,12-14,31H,6,10-11,15H2,1-5H3,(H2,28,29)(H,30,32). The van der Waals surface area contributed by atoms with E-state index in [1.54, 1.807) is 50.2 Å². The molecule has 0 bridgehead atoms. The molecule has 4 N–H and O–H groups in total. The molecular formula is C27H33N3O7. The Kier molecular flexibility index (Phi) is 8.77. The summed E-state index contributed by atoms with van der Waals surface area (Å²) in [6, 6.07) is 10.1. The third-order valence-corrected chi connectivity index (χ3v) is 5.45. The third-order valence-electron chi connectivity index (χ3n) is 5.45. The van der Waals surface area contributed by atoms with Crippen molar-refractivity contribution in [3.05, 3.63) is 53.2 Å². The summed E-state index contributed by atoms with van der Waals surface area (Å²) >= 11 is 0. The highest BCUT2D eigenvalue weighted by Crippen LogP contribution is 2.34. The number of hydrogen-bond acceptors (Lipinski definition) is 9. The van der Waals surface area contributed by atoms with E-state index in [-0.39, 0.29) is 43.6 Å². The van der Waals surface area contributed by atoms with E-state index < -0.39 is 11.5 Å². The van der Waals surface area contributed by atoms with Crippen molar-refractivity contribution in [2.45, 2.75) is 33.2 Å². The Hall–Kier alpha value is -4.05. The van der Waals surface area contributed by atoms with Gasteiger partial charge in [-0.2, -0.15) is 0 Å². The molecule has 0 radical (unpaired) electrons. The van der Waals surface area contributed by atoms with E-state index >= 15 is 0 Å². The molecule has 10 heteroatoms. The predicted octanol–water partition coefficient (Wildman–Crippen LogP) is 3.27. The minimum Gasteiger partial charge on any atom is -0.497 e. The summed E-state index contributed by atoms with van der Waals surface area (Å²) in [5, 5.41) is 12.5. The zero-order valence-corrected chi connectivity index (χ0v) is 21.7. The number of methoxy groups -OCH3 is 1. The smallest absolute Gasteiger partial charge is 0.342 e. The molecule has 37 heavy (non-hydrogen) atoms. The van der Waals surface area contributed by atoms with Gasteiger partial charge >= 0.3 is 5.97 Å². The number of amides is 1. The molecule has 0 fully saturated rings. The van der Waals surface area contributed by atoms with Crippen molar-refractivity contribution in [3.8, 4) is 17.2 Å². The molecule has 3 aromatic rings. The van der Waals surface area contributed by atoms with Gasteiger partial charge in [-0.3, -0.25) is 9.78 Å². The summed E-state index contributed by atoms with van der Waals surface area (Å²) < 4.78 is 21.9. The van der Waals surface area contributed by atoms with Crippen LogP contribution < -0.4 is 25.3 Å². The first-order valence-corrected chi connectivity index (χ1v) is 11.8. The molecule has 1 aromatic heterocycles. The average molecular weight is 512 g/mol. The quantitative estimate of drug-likeness (QED) is 0.331. The number of benzene rings is 2. The largest absolute Gasteiger partial charge is 0.497 e. The number of esters is 1. The molecule has 10 nitrogen and oxygen atoms in total. The van der Waals surface area contributed by atoms with Crippen LogP contribution in [0.2, 0.25) is 0 Å². The maximum atomic E-state index is 13.0. The lowest BCUT2D eigenvalue weighted by Gasteiger charge is -2.27. The topological polar surface area (TPSA) is 142 Å². The maximum Gasteiger partial charge on any atom is 0.342 e. The molecule has 3 rings (SSSR count). The first-order valence-electron chi connectivity index (χ1n) is 11.8. The van der Waals surface area contributed by atoms with Gasteiger partial charge < -0.3 is 35.1 Å². The summed E-state index contributed by atoms with van der Waals surface area (Å²) in [7, 11) is 1.49. The summed E-state index contributed by atoms with van der Waals surface area (Å²) in [4.78, 5) is 30.0. The first kappa shape index (κ1) is 27.5. The van der Waals surface area contributed by atoms with Crippen LogP contribution in [-0.4, -0.2) is 61.0 Å². The maximum absolute atomic E-state index is 13.0. The summed E-state index contributed by atoms with van der Waals surface area (Å²) in [6.07, 6.45) is 0. The van der Waals surface area contributed by atoms with Crippen molar-refractivity contribution in [2.75, 3.05) is 39.3 Å². The van der Waals surface area contributed by atoms with Gasteiger partial charge in [-0.15, -0.1) is 0 Å². The van der Waals surface area contributed by atoms with Gasteiger partial charge in [-0.1, -0.05) is 6.07 Å². The molecule has 1 amide bonds. The lowest BCUT2D eigenvalue weighted by atomic mass is 10.0. The number of pyridine rings is 1. The molecule has 0 spiro atoms. The molecule has 1 heterocycles. The number of ether oxygens (including phenoxy) is 4. The highest BCUT2D eigenvalue weighted by atomic mass is 16.5. The molecule has 0 unspecified atom stereocenters. The molecule has 0 saturated heterocycles. The zero-order chi connectivity index (χ0) is 27.2. The zero-order valence-electron chi connectivity index (χ0n) is 21.7. The van der Waals surface area contributed by atoms with Gasteiger partial charge in [0.15, 0.2) is 0 Å². The normalized spacial score (nSPS) is 11.2. The molecule has 2 aromatic carbocycles. The van der Waals surface area contributed by atoms with Gasteiger partial charge in [-0.25, -0.2) is 4.79 Å². The SMILES string of the molecule is CCOC(=O)c1c(C)nc2cccc(OCC(C)(C)NC(=O)c3cc(OC)cc(OCCO)c3)c2c1N. The van der Waals surface area contributed by atoms with Crippen molar-refractivity contribution in [1.29, 1.82) is 0 Å². The Bertz CT molecular complexity index is 1290. The third kappa shape index (κ3) is 6.59. The number of nitrogen functional groups attached to an aromatic ring is 1. The number of nitrogens with zero attached hydrogens (tertiary/aromatic N) is 1. The van der Waals surface area contributed by atoms with Crippen LogP contribution in [-0.2, 0) is 4.74 Å². The second-order valence-corrected chi connectivity index (χ2v) is 8.95. The van der Waals surface area contributed by atoms with E-state index in [1.807, 2.05) is 13.8 Å². The number of carbonyl (C=O) groups excluding carboxylic acids is 2. The second kappa shape index (κ2) is 11.8. The van der Waals surface area contributed by atoms with Crippen molar-refractivity contribution in [2.24, 2.45) is 0 Å². The highest BCUT2D eigenvalue weighted by Gasteiger charge is 2.25. The minimum absolute atomic E-state index is 0.0913. The molecule has 0 aliphatic heterocycles. The van der Waals surface area contributed by atoms with Gasteiger partial charge in [0.05, 0.1) is 48.1 Å². The van der Waals surface area contributed by atoms with Crippen LogP contribution in [0.15, 0.2) is 36.4 Å². The number of aromatic nitrogens is 1. The van der Waals surface area contributed by atoms with Crippen molar-refractivity contribution >= 4 is 28.5 Å². The Labute approximate surface area is 215 Å². The van der Waals surface area contributed by atoms with E-state index in [9.17, 15) is 9.59 Å². The van der Waals surface area contributed by atoms with E-state index in [2.05, 4.69) is 10.3 Å². The van der Waals surface area contributed by atoms with E-state index in [0.717, 1.165) is 0 Å². The lowest BCUT2D eigenvalue weighted by molar-refractivity contribution is 0.0526. The van der Waals surface area contributed by atoms with Crippen LogP contribution in [0.25, 0.3) is 10.9 Å². The van der Waals surface area contributed by atoms with E-state index in [4.69, 9.17) is 29.8 Å². The number of aliphatic hydroxyl groups excluding tert-OH is 1. The second-order valence-electron chi connectivity index (χ2n) is 8.95. The van der Waals surface area contributed by atoms with E-state index in [1.165, 1.54) is 7.11 Å². The number of aliphatic hydroxyl groups is 1. The fraction of sp³-hybridized carbons (Fsp3) is 0.370. The van der Waals surface area contributed by atoms with Crippen LogP contribution >= 0.6 is 0 Å². The number of nitrogens with one attached hydrogen (secondary N) is 1. The summed E-state index contributed by atoms with van der Waals surface area (Å²) in [5.41, 5.74) is 7.40. The number of anilines is 1. The number of rotatable bonds is 11. The fourth-order valence-electron chi connectivity index (χ4n) is 3.76. The van der Waals surface area contributed by atoms with Gasteiger partial charge in [0.25, 0.3) is 5.91 Å². The molecule has 0 atom stereocenters. The average Bonchev–Trinajstić information content (AvgIpc) is 2.85. The number of hydrogen-bond donors (Lipinski definition) is 3. The molecule has 0 aliphatic carbocycles. The molecule has 198 valence electrons. The van der Waals surface area contributed by atoms with Crippen molar-refractivity contribution in [3.63, 3.8) is 0 Å². The predicted molar refractivity (Wildman–Crippen MR) is 139 cm³/mol. The summed E-state index contributed by atoms with van der Waals surface area (Å²) in [5.74, 6) is 0.368. The highest BCUT2D eigenvalue weighted by molar-refractivity contribution is 6.07. The molecule has 0 aliphatic rings. The van der Waals surface area contributed by atoms with Gasteiger partial charge in [-0.05, 0) is 52.0 Å². The molecule has 0 saturated carbocycles. The lowest BCUT2D eigenvalue weighted by Crippen LogP contribution is -2.47. The van der Waals surface area contributed by atoms with Crippen molar-refractivity contribution < 1.29 is 33.6 Å². The number of nitrogens with two attached hydrogens (primary N) is 1. The number of fused-ring (bicyclic) bond motifs is 1. The van der Waals surface area contributed by atoms with Crippen LogP contribution in [0.1, 0.15) is 47.2 Å². The Morgan fingerprint density at radius 2 is 1.86 bits per heavy atom. The van der Waals surface area contributed by atoms with Gasteiger partial charge in [0.1, 0.15) is 36.0 Å². The Morgan fingerprint density at radius 3 is 2.54 bits per heavy atom. The van der Waals surface area contributed by atoms with Crippen LogP contribution in [0.5, 0.6) is 17.2 Å². The Morgan fingerprint density at radius 1 is 1.14 bits per heavy atom. The monoisotopic (exact) mass is 511 g/mol. The number of carbonyl (C=O) groups is 2. The van der Waals surface area contributed by atoms with Crippen LogP contribution in [0.3, 0.4) is 0 Å². The first-order chi connectivity index (χ1) is 17.6. The fourth-order valence-corrected chi connectivity index (χ4v) is 3.76.